The van der Waals surface area contributed by atoms with E-state index in [0.29, 0.717) is 18.0 Å². The number of nitrogens with zero attached hydrogens (tertiary/aromatic N) is 1. The van der Waals surface area contributed by atoms with Crippen LogP contribution in [0.15, 0.2) is 10.9 Å². The topological polar surface area (TPSA) is 88.8 Å². The molecule has 0 aliphatic carbocycles. The number of carbonyl (C=O) groups excluding carboxylic acids is 1. The molecule has 1 aromatic heterocycles. The van der Waals surface area contributed by atoms with E-state index in [1.807, 2.05) is 13.8 Å². The predicted octanol–water partition coefficient (Wildman–Crippen LogP) is 0.0673. The van der Waals surface area contributed by atoms with E-state index in [4.69, 9.17) is 5.73 Å². The number of carbonyl (C=O) groups is 1. The summed E-state index contributed by atoms with van der Waals surface area (Å²) in [5.41, 5.74) is 5.20. The SMILES string of the molecule is CC(C)Cc1cc(C(N)=O)nc(=O)[nH]1. The van der Waals surface area contributed by atoms with Crippen LogP contribution in [0.25, 0.3) is 0 Å². The predicted molar refractivity (Wildman–Crippen MR) is 51.9 cm³/mol. The number of primary amides is 1. The molecule has 5 nitrogen and oxygen atoms in total. The van der Waals surface area contributed by atoms with Gasteiger partial charge in [0.25, 0.3) is 5.91 Å². The average molecular weight is 195 g/mol. The van der Waals surface area contributed by atoms with Crippen molar-refractivity contribution in [1.29, 1.82) is 0 Å². The molecule has 0 fully saturated rings. The van der Waals surface area contributed by atoms with E-state index in [-0.39, 0.29) is 5.69 Å². The number of nitrogens with two attached hydrogens (primary N) is 1. The third-order valence-electron chi connectivity index (χ3n) is 1.68. The minimum atomic E-state index is -0.680. The molecule has 76 valence electrons. The minimum Gasteiger partial charge on any atom is -0.364 e. The maximum Gasteiger partial charge on any atom is 0.345 e. The minimum absolute atomic E-state index is 0.0180. The largest absolute Gasteiger partial charge is 0.364 e. The fourth-order valence-electron chi connectivity index (χ4n) is 1.18. The van der Waals surface area contributed by atoms with Crippen molar-refractivity contribution in [2.75, 3.05) is 0 Å². The van der Waals surface area contributed by atoms with Crippen molar-refractivity contribution >= 4 is 5.91 Å². The summed E-state index contributed by atoms with van der Waals surface area (Å²) in [5.74, 6) is -0.283. The number of hydrogen-bond donors (Lipinski definition) is 2. The smallest absolute Gasteiger partial charge is 0.345 e. The van der Waals surface area contributed by atoms with Gasteiger partial charge in [-0.15, -0.1) is 0 Å². The first-order chi connectivity index (χ1) is 6.49. The fraction of sp³-hybridized carbons (Fsp3) is 0.444. The quantitative estimate of drug-likeness (QED) is 0.715. The van der Waals surface area contributed by atoms with Crippen molar-refractivity contribution in [3.8, 4) is 0 Å². The van der Waals surface area contributed by atoms with Crippen LogP contribution in [0.3, 0.4) is 0 Å². The van der Waals surface area contributed by atoms with Gasteiger partial charge in [0.05, 0.1) is 0 Å². The van der Waals surface area contributed by atoms with Gasteiger partial charge in [0.1, 0.15) is 5.69 Å². The molecule has 0 spiro atoms. The molecule has 0 aromatic carbocycles. The molecular weight excluding hydrogens is 182 g/mol. The number of hydrogen-bond acceptors (Lipinski definition) is 3. The van der Waals surface area contributed by atoms with Crippen LogP contribution in [0.1, 0.15) is 30.0 Å². The van der Waals surface area contributed by atoms with Gasteiger partial charge >= 0.3 is 5.69 Å². The molecule has 0 atom stereocenters. The summed E-state index contributed by atoms with van der Waals surface area (Å²) in [6.07, 6.45) is 0.692. The molecule has 1 heterocycles. The van der Waals surface area contributed by atoms with Gasteiger partial charge in [0.15, 0.2) is 0 Å². The maximum absolute atomic E-state index is 11.0. The Morgan fingerprint density at radius 1 is 1.64 bits per heavy atom. The highest BCUT2D eigenvalue weighted by atomic mass is 16.2. The first-order valence-electron chi connectivity index (χ1n) is 4.39. The Kier molecular flexibility index (Phi) is 3.01. The summed E-state index contributed by atoms with van der Waals surface area (Å²) in [6.45, 7) is 4.03. The van der Waals surface area contributed by atoms with Crippen molar-refractivity contribution < 1.29 is 4.79 Å². The molecule has 0 saturated heterocycles. The second-order valence-corrected chi connectivity index (χ2v) is 3.56. The Morgan fingerprint density at radius 2 is 2.29 bits per heavy atom. The van der Waals surface area contributed by atoms with Gasteiger partial charge in [-0.2, -0.15) is 4.98 Å². The molecule has 0 bridgehead atoms. The number of aromatic nitrogens is 2. The van der Waals surface area contributed by atoms with E-state index in [1.165, 1.54) is 6.07 Å². The number of aromatic amines is 1. The second-order valence-electron chi connectivity index (χ2n) is 3.56. The molecule has 3 N–H and O–H groups in total. The molecule has 0 radical (unpaired) electrons. The summed E-state index contributed by atoms with van der Waals surface area (Å²) in [5, 5.41) is 0. The normalized spacial score (nSPS) is 10.5. The van der Waals surface area contributed by atoms with Gasteiger partial charge in [-0.3, -0.25) is 4.79 Å². The van der Waals surface area contributed by atoms with Crippen LogP contribution >= 0.6 is 0 Å². The van der Waals surface area contributed by atoms with Crippen LogP contribution < -0.4 is 11.4 Å². The Labute approximate surface area is 81.4 Å². The molecule has 1 aromatic rings. The molecule has 0 saturated carbocycles. The second kappa shape index (κ2) is 4.04. The molecule has 1 amide bonds. The fourth-order valence-corrected chi connectivity index (χ4v) is 1.18. The lowest BCUT2D eigenvalue weighted by Gasteiger charge is -2.04. The van der Waals surface area contributed by atoms with Crippen molar-refractivity contribution in [2.24, 2.45) is 11.7 Å². The van der Waals surface area contributed by atoms with Gasteiger partial charge in [-0.1, -0.05) is 13.8 Å². The monoisotopic (exact) mass is 195 g/mol. The van der Waals surface area contributed by atoms with Crippen molar-refractivity contribution in [3.05, 3.63) is 27.9 Å². The highest BCUT2D eigenvalue weighted by Gasteiger charge is 2.06. The van der Waals surface area contributed by atoms with Crippen LogP contribution in [0.5, 0.6) is 0 Å². The van der Waals surface area contributed by atoms with Gasteiger partial charge < -0.3 is 10.7 Å². The van der Waals surface area contributed by atoms with E-state index < -0.39 is 11.6 Å². The molecular formula is C9H13N3O2. The van der Waals surface area contributed by atoms with Crippen molar-refractivity contribution in [2.45, 2.75) is 20.3 Å². The zero-order valence-electron chi connectivity index (χ0n) is 8.20. The average Bonchev–Trinajstić information content (AvgIpc) is 2.01. The Hall–Kier alpha value is -1.65. The van der Waals surface area contributed by atoms with Gasteiger partial charge in [-0.25, -0.2) is 4.79 Å². The zero-order valence-corrected chi connectivity index (χ0v) is 8.20. The van der Waals surface area contributed by atoms with Crippen molar-refractivity contribution in [1.82, 2.24) is 9.97 Å². The Bertz CT molecular complexity index is 395. The van der Waals surface area contributed by atoms with Crippen LogP contribution in [-0.2, 0) is 6.42 Å². The van der Waals surface area contributed by atoms with E-state index >= 15 is 0 Å². The van der Waals surface area contributed by atoms with E-state index in [2.05, 4.69) is 9.97 Å². The summed E-state index contributed by atoms with van der Waals surface area (Å²) >= 11 is 0. The standard InChI is InChI=1S/C9H13N3O2/c1-5(2)3-6-4-7(8(10)13)12-9(14)11-6/h4-5H,3H2,1-2H3,(H2,10,13)(H,11,12,14). The molecule has 0 aliphatic rings. The Morgan fingerprint density at radius 3 is 2.79 bits per heavy atom. The number of nitrogens with one attached hydrogen (secondary N) is 1. The summed E-state index contributed by atoms with van der Waals surface area (Å²) in [7, 11) is 0. The van der Waals surface area contributed by atoms with Crippen LogP contribution in [0, 0.1) is 5.92 Å². The highest BCUT2D eigenvalue weighted by molar-refractivity contribution is 5.90. The molecule has 1 rings (SSSR count). The first kappa shape index (κ1) is 10.4. The van der Waals surface area contributed by atoms with Gasteiger partial charge in [0, 0.05) is 5.69 Å². The number of rotatable bonds is 3. The number of H-pyrrole nitrogens is 1. The summed E-state index contributed by atoms with van der Waals surface area (Å²) < 4.78 is 0. The Balaban J connectivity index is 3.07. The maximum atomic E-state index is 11.0. The van der Waals surface area contributed by atoms with Crippen LogP contribution in [0.2, 0.25) is 0 Å². The lowest BCUT2D eigenvalue weighted by molar-refractivity contribution is 0.0995. The third-order valence-corrected chi connectivity index (χ3v) is 1.68. The first-order valence-corrected chi connectivity index (χ1v) is 4.39. The summed E-state index contributed by atoms with van der Waals surface area (Å²) in [4.78, 5) is 27.8. The zero-order chi connectivity index (χ0) is 10.7. The molecule has 0 aliphatic heterocycles. The molecule has 5 heteroatoms. The van der Waals surface area contributed by atoms with Gasteiger partial charge in [0.2, 0.25) is 0 Å². The molecule has 14 heavy (non-hydrogen) atoms. The van der Waals surface area contributed by atoms with Crippen molar-refractivity contribution in [3.63, 3.8) is 0 Å². The van der Waals surface area contributed by atoms with Crippen LogP contribution in [-0.4, -0.2) is 15.9 Å². The van der Waals surface area contributed by atoms with E-state index in [9.17, 15) is 9.59 Å². The summed E-state index contributed by atoms with van der Waals surface area (Å²) in [6, 6.07) is 1.52. The lowest BCUT2D eigenvalue weighted by Crippen LogP contribution is -2.22. The highest BCUT2D eigenvalue weighted by Crippen LogP contribution is 2.03. The lowest BCUT2D eigenvalue weighted by atomic mass is 10.1. The molecule has 0 unspecified atom stereocenters. The van der Waals surface area contributed by atoms with E-state index in [1.54, 1.807) is 0 Å². The van der Waals surface area contributed by atoms with E-state index in [0.717, 1.165) is 0 Å². The van der Waals surface area contributed by atoms with Gasteiger partial charge in [-0.05, 0) is 18.4 Å². The number of amides is 1. The van der Waals surface area contributed by atoms with Crippen LogP contribution in [0.4, 0.5) is 0 Å². The third kappa shape index (κ3) is 2.69.